The predicted molar refractivity (Wildman–Crippen MR) is 73.1 cm³/mol. The number of imidazole rings is 1. The van der Waals surface area contributed by atoms with Crippen LogP contribution in [0.25, 0.3) is 16.2 Å². The molecule has 1 aliphatic carbocycles. The van der Waals surface area contributed by atoms with Crippen molar-refractivity contribution >= 4 is 16.3 Å². The lowest BCUT2D eigenvalue weighted by Gasteiger charge is -2.14. The molecule has 0 atom stereocenters. The fraction of sp³-hybridized carbons (Fsp3) is 0.286. The zero-order valence-corrected chi connectivity index (χ0v) is 11.0. The van der Waals surface area contributed by atoms with Crippen LogP contribution >= 0.6 is 11.3 Å². The third kappa shape index (κ3) is 1.29. The van der Waals surface area contributed by atoms with Crippen molar-refractivity contribution in [1.82, 2.24) is 14.6 Å². The van der Waals surface area contributed by atoms with Crippen molar-refractivity contribution in [2.24, 2.45) is 0 Å². The largest absolute Gasteiger partial charge is 0.217 e. The zero-order valence-electron chi connectivity index (χ0n) is 10.2. The molecule has 90 valence electrons. The predicted octanol–water partition coefficient (Wildman–Crippen LogP) is 3.12. The van der Waals surface area contributed by atoms with Crippen LogP contribution in [0.5, 0.6) is 0 Å². The fourth-order valence-electron chi connectivity index (χ4n) is 2.64. The van der Waals surface area contributed by atoms with E-state index < -0.39 is 0 Å². The van der Waals surface area contributed by atoms with Crippen LogP contribution in [0.2, 0.25) is 0 Å². The summed E-state index contributed by atoms with van der Waals surface area (Å²) in [5.74, 6) is 0. The van der Waals surface area contributed by atoms with Gasteiger partial charge in [-0.05, 0) is 24.8 Å². The van der Waals surface area contributed by atoms with Gasteiger partial charge in [-0.3, -0.25) is 0 Å². The van der Waals surface area contributed by atoms with E-state index in [0.717, 1.165) is 29.9 Å². The minimum Gasteiger partial charge on any atom is -0.217 e. The summed E-state index contributed by atoms with van der Waals surface area (Å²) >= 11 is 1.71. The molecule has 0 spiro atoms. The number of hydrogen-bond donors (Lipinski definition) is 0. The number of aromatic nitrogens is 3. The molecule has 0 unspecified atom stereocenters. The molecule has 3 nitrogen and oxygen atoms in total. The Morgan fingerprint density at radius 1 is 1.28 bits per heavy atom. The Hall–Kier alpha value is -1.68. The molecule has 0 amide bonds. The van der Waals surface area contributed by atoms with Gasteiger partial charge in [0.1, 0.15) is 5.01 Å². The third-order valence-electron chi connectivity index (χ3n) is 3.54. The highest BCUT2D eigenvalue weighted by Crippen LogP contribution is 2.34. The van der Waals surface area contributed by atoms with Crippen LogP contribution in [0.1, 0.15) is 23.2 Å². The Bertz CT molecular complexity index is 739. The van der Waals surface area contributed by atoms with Crippen LogP contribution in [0, 0.1) is 0 Å². The smallest absolute Gasteiger partial charge is 0.212 e. The van der Waals surface area contributed by atoms with Gasteiger partial charge in [-0.2, -0.15) is 5.10 Å². The molecule has 0 bridgehead atoms. The van der Waals surface area contributed by atoms with E-state index in [4.69, 9.17) is 4.98 Å². The van der Waals surface area contributed by atoms with Gasteiger partial charge in [0.25, 0.3) is 0 Å². The summed E-state index contributed by atoms with van der Waals surface area (Å²) in [5.41, 5.74) is 5.11. The molecule has 4 heteroatoms. The van der Waals surface area contributed by atoms with Crippen molar-refractivity contribution in [2.45, 2.75) is 26.2 Å². The minimum absolute atomic E-state index is 0.986. The molecule has 3 aromatic rings. The molecular weight excluding hydrogens is 242 g/mol. The maximum atomic E-state index is 4.78. The second kappa shape index (κ2) is 3.65. The Kier molecular flexibility index (Phi) is 2.08. The van der Waals surface area contributed by atoms with Crippen LogP contribution < -0.4 is 0 Å². The monoisotopic (exact) mass is 255 g/mol. The Morgan fingerprint density at radius 3 is 3.06 bits per heavy atom. The van der Waals surface area contributed by atoms with E-state index in [1.54, 1.807) is 11.3 Å². The zero-order chi connectivity index (χ0) is 12.1. The summed E-state index contributed by atoms with van der Waals surface area (Å²) in [4.78, 5) is 5.82. The van der Waals surface area contributed by atoms with E-state index in [-0.39, 0.29) is 0 Å². The van der Waals surface area contributed by atoms with Gasteiger partial charge >= 0.3 is 0 Å². The van der Waals surface area contributed by atoms with Crippen molar-refractivity contribution < 1.29 is 0 Å². The molecule has 4 rings (SSSR count). The van der Waals surface area contributed by atoms with Crippen LogP contribution in [0.4, 0.5) is 0 Å². The molecule has 2 aromatic heterocycles. The standard InChI is InChI=1S/C14H13N3S/c1-2-12-16-17-11-8-7-9-5-3-4-6-10(9)13(11)15-14(17)18-12/h3-6H,2,7-8H2,1H3. The molecule has 0 aliphatic heterocycles. The second-order valence-electron chi connectivity index (χ2n) is 4.61. The van der Waals surface area contributed by atoms with Crippen LogP contribution in [0.15, 0.2) is 24.3 Å². The Balaban J connectivity index is 2.00. The third-order valence-corrected chi connectivity index (χ3v) is 4.60. The quantitative estimate of drug-likeness (QED) is 0.669. The highest BCUT2D eigenvalue weighted by Gasteiger charge is 2.22. The van der Waals surface area contributed by atoms with Gasteiger partial charge in [0.05, 0.1) is 11.4 Å². The summed E-state index contributed by atoms with van der Waals surface area (Å²) in [6, 6.07) is 8.57. The second-order valence-corrected chi connectivity index (χ2v) is 5.65. The maximum absolute atomic E-state index is 4.78. The number of benzene rings is 1. The van der Waals surface area contributed by atoms with Gasteiger partial charge in [-0.25, -0.2) is 9.50 Å². The molecule has 2 heterocycles. The molecule has 0 fully saturated rings. The molecule has 1 aliphatic rings. The van der Waals surface area contributed by atoms with Crippen molar-refractivity contribution in [2.75, 3.05) is 0 Å². The fourth-order valence-corrected chi connectivity index (χ4v) is 3.49. The first-order chi connectivity index (χ1) is 8.86. The van der Waals surface area contributed by atoms with Gasteiger partial charge in [0.15, 0.2) is 0 Å². The first-order valence-corrected chi connectivity index (χ1v) is 7.14. The first-order valence-electron chi connectivity index (χ1n) is 6.32. The molecule has 0 N–H and O–H groups in total. The Morgan fingerprint density at radius 2 is 2.17 bits per heavy atom. The molecule has 18 heavy (non-hydrogen) atoms. The van der Waals surface area contributed by atoms with E-state index in [1.807, 2.05) is 0 Å². The summed E-state index contributed by atoms with van der Waals surface area (Å²) in [6.07, 6.45) is 3.12. The lowest BCUT2D eigenvalue weighted by Crippen LogP contribution is -2.06. The number of hydrogen-bond acceptors (Lipinski definition) is 3. The minimum atomic E-state index is 0.986. The first kappa shape index (κ1) is 10.3. The molecule has 0 saturated heterocycles. The van der Waals surface area contributed by atoms with E-state index >= 15 is 0 Å². The molecule has 1 aromatic carbocycles. The topological polar surface area (TPSA) is 30.2 Å². The van der Waals surface area contributed by atoms with E-state index in [1.165, 1.54) is 21.8 Å². The summed E-state index contributed by atoms with van der Waals surface area (Å²) in [5, 5.41) is 5.82. The molecular formula is C14H13N3S. The van der Waals surface area contributed by atoms with Crippen LogP contribution in [-0.4, -0.2) is 14.6 Å². The van der Waals surface area contributed by atoms with Crippen molar-refractivity contribution in [1.29, 1.82) is 0 Å². The molecule has 0 saturated carbocycles. The van der Waals surface area contributed by atoms with Crippen LogP contribution in [0.3, 0.4) is 0 Å². The van der Waals surface area contributed by atoms with E-state index in [0.29, 0.717) is 0 Å². The van der Waals surface area contributed by atoms with Gasteiger partial charge in [0, 0.05) is 5.56 Å². The highest BCUT2D eigenvalue weighted by molar-refractivity contribution is 7.16. The average Bonchev–Trinajstić information content (AvgIpc) is 2.95. The number of aryl methyl sites for hydroxylation is 3. The van der Waals surface area contributed by atoms with E-state index in [2.05, 4.69) is 40.8 Å². The van der Waals surface area contributed by atoms with Crippen molar-refractivity contribution in [3.63, 3.8) is 0 Å². The Labute approximate surface area is 109 Å². The lowest BCUT2D eigenvalue weighted by molar-refractivity contribution is 0.807. The molecule has 0 radical (unpaired) electrons. The summed E-state index contributed by atoms with van der Waals surface area (Å²) in [7, 11) is 0. The van der Waals surface area contributed by atoms with Gasteiger partial charge in [-0.15, -0.1) is 0 Å². The number of rotatable bonds is 1. The van der Waals surface area contributed by atoms with Gasteiger partial charge < -0.3 is 0 Å². The SMILES string of the molecule is CCc1nn2c3c(nc2s1)-c1ccccc1CC3. The summed E-state index contributed by atoms with van der Waals surface area (Å²) < 4.78 is 2.05. The van der Waals surface area contributed by atoms with Gasteiger partial charge in [0.2, 0.25) is 4.96 Å². The van der Waals surface area contributed by atoms with Crippen molar-refractivity contribution in [3.8, 4) is 11.3 Å². The highest BCUT2D eigenvalue weighted by atomic mass is 32.1. The lowest BCUT2D eigenvalue weighted by atomic mass is 9.92. The van der Waals surface area contributed by atoms with Crippen molar-refractivity contribution in [3.05, 3.63) is 40.5 Å². The van der Waals surface area contributed by atoms with Crippen LogP contribution in [-0.2, 0) is 19.3 Å². The maximum Gasteiger partial charge on any atom is 0.212 e. The average molecular weight is 255 g/mol. The van der Waals surface area contributed by atoms with E-state index in [9.17, 15) is 0 Å². The normalized spacial score (nSPS) is 13.6. The number of fused-ring (bicyclic) bond motifs is 5. The number of nitrogens with zero attached hydrogens (tertiary/aromatic N) is 3. The summed E-state index contributed by atoms with van der Waals surface area (Å²) in [6.45, 7) is 2.14. The van der Waals surface area contributed by atoms with Gasteiger partial charge in [-0.1, -0.05) is 42.5 Å².